The first-order valence-corrected chi connectivity index (χ1v) is 11.1. The molecule has 4 rings (SSSR count). The summed E-state index contributed by atoms with van der Waals surface area (Å²) in [5.74, 6) is -0.520. The molecule has 160 valence electrons. The predicted octanol–water partition coefficient (Wildman–Crippen LogP) is 4.75. The van der Waals surface area contributed by atoms with E-state index in [4.69, 9.17) is 4.74 Å². The molecule has 0 aromatic rings. The average molecular weight is 405 g/mol. The van der Waals surface area contributed by atoms with Crippen LogP contribution in [-0.4, -0.2) is 28.8 Å². The molecule has 0 amide bonds. The summed E-state index contributed by atoms with van der Waals surface area (Å²) in [6, 6.07) is 0. The highest BCUT2D eigenvalue weighted by Gasteiger charge is 2.73. The van der Waals surface area contributed by atoms with Crippen molar-refractivity contribution < 1.29 is 23.5 Å². The molecular formula is C24H33FO4. The number of esters is 1. The molecule has 0 aromatic carbocycles. The van der Waals surface area contributed by atoms with Crippen LogP contribution in [0.1, 0.15) is 79.6 Å². The molecule has 0 bridgehead atoms. The quantitative estimate of drug-likeness (QED) is 0.623. The normalized spacial score (nSPS) is 48.8. The molecule has 0 saturated heterocycles. The number of carbonyl (C=O) groups is 3. The van der Waals surface area contributed by atoms with Gasteiger partial charge in [0.05, 0.1) is 0 Å². The lowest BCUT2D eigenvalue weighted by atomic mass is 9.43. The summed E-state index contributed by atoms with van der Waals surface area (Å²) in [7, 11) is 0. The van der Waals surface area contributed by atoms with Crippen LogP contribution in [0.5, 0.6) is 0 Å². The van der Waals surface area contributed by atoms with E-state index < -0.39 is 28.1 Å². The molecular weight excluding hydrogens is 371 g/mol. The second kappa shape index (κ2) is 6.24. The smallest absolute Gasteiger partial charge is 0.303 e. The molecule has 0 heterocycles. The lowest BCUT2D eigenvalue weighted by Crippen LogP contribution is -2.65. The topological polar surface area (TPSA) is 60.4 Å². The van der Waals surface area contributed by atoms with Crippen LogP contribution in [-0.2, 0) is 19.1 Å². The summed E-state index contributed by atoms with van der Waals surface area (Å²) in [6.07, 6.45) is 5.38. The third-order valence-corrected chi connectivity index (χ3v) is 9.40. The van der Waals surface area contributed by atoms with Crippen LogP contribution in [0.25, 0.3) is 0 Å². The Kier molecular flexibility index (Phi) is 4.46. The van der Waals surface area contributed by atoms with Crippen molar-refractivity contribution >= 4 is 17.5 Å². The molecule has 4 aliphatic carbocycles. The maximum Gasteiger partial charge on any atom is 0.303 e. The van der Waals surface area contributed by atoms with Gasteiger partial charge in [0.25, 0.3) is 0 Å². The first-order valence-electron chi connectivity index (χ1n) is 11.1. The van der Waals surface area contributed by atoms with Gasteiger partial charge in [0.1, 0.15) is 5.67 Å². The van der Waals surface area contributed by atoms with E-state index in [0.717, 1.165) is 5.57 Å². The minimum Gasteiger partial charge on any atom is -0.451 e. The molecule has 3 saturated carbocycles. The number of Topliss-reactive ketones (excluding diaryl/α,β-unsaturated/α-hetero) is 1. The zero-order valence-corrected chi connectivity index (χ0v) is 18.3. The Labute approximate surface area is 172 Å². The molecule has 29 heavy (non-hydrogen) atoms. The van der Waals surface area contributed by atoms with Gasteiger partial charge < -0.3 is 4.74 Å². The number of allylic oxidation sites excluding steroid dienone is 1. The lowest BCUT2D eigenvalue weighted by molar-refractivity contribution is -0.201. The van der Waals surface area contributed by atoms with Gasteiger partial charge in [0, 0.05) is 24.2 Å². The van der Waals surface area contributed by atoms with E-state index in [0.29, 0.717) is 44.9 Å². The zero-order valence-electron chi connectivity index (χ0n) is 18.3. The van der Waals surface area contributed by atoms with Crippen molar-refractivity contribution in [3.05, 3.63) is 11.6 Å². The summed E-state index contributed by atoms with van der Waals surface area (Å²) in [4.78, 5) is 36.8. The molecule has 4 aliphatic rings. The van der Waals surface area contributed by atoms with E-state index in [1.54, 1.807) is 6.08 Å². The summed E-state index contributed by atoms with van der Waals surface area (Å²) in [5, 5.41) is 0. The molecule has 0 N–H and O–H groups in total. The van der Waals surface area contributed by atoms with Crippen molar-refractivity contribution in [1.29, 1.82) is 0 Å². The molecule has 0 spiro atoms. The van der Waals surface area contributed by atoms with Crippen LogP contribution in [0.2, 0.25) is 0 Å². The average Bonchev–Trinajstić information content (AvgIpc) is 2.92. The first-order chi connectivity index (χ1) is 13.4. The molecule has 0 aromatic heterocycles. The molecule has 3 fully saturated rings. The van der Waals surface area contributed by atoms with E-state index in [1.165, 1.54) is 13.8 Å². The third kappa shape index (κ3) is 2.45. The SMILES string of the molecule is CC(=O)O[C@]1(C(C)=O)CC[C@H]2[C@@H]3CC(C)C4=CC(=O)CC[C@]4(C)C3(F)CC[C@@]21C. The van der Waals surface area contributed by atoms with Crippen LogP contribution in [0, 0.1) is 28.6 Å². The molecule has 5 heteroatoms. The van der Waals surface area contributed by atoms with E-state index in [9.17, 15) is 14.4 Å². The highest BCUT2D eigenvalue weighted by Crippen LogP contribution is 2.71. The number of hydrogen-bond acceptors (Lipinski definition) is 4. The first kappa shape index (κ1) is 20.7. The van der Waals surface area contributed by atoms with Crippen LogP contribution in [0.4, 0.5) is 4.39 Å². The molecule has 7 atom stereocenters. The second-order valence-electron chi connectivity index (χ2n) is 10.5. The summed E-state index contributed by atoms with van der Waals surface area (Å²) < 4.78 is 22.8. The summed E-state index contributed by atoms with van der Waals surface area (Å²) in [6.45, 7) is 9.01. The van der Waals surface area contributed by atoms with Crippen LogP contribution in [0.3, 0.4) is 0 Å². The number of fused-ring (bicyclic) bond motifs is 5. The van der Waals surface area contributed by atoms with E-state index in [1.807, 2.05) is 13.8 Å². The third-order valence-electron chi connectivity index (χ3n) is 9.40. The van der Waals surface area contributed by atoms with Crippen molar-refractivity contribution in [2.24, 2.45) is 28.6 Å². The van der Waals surface area contributed by atoms with Gasteiger partial charge in [-0.3, -0.25) is 14.4 Å². The van der Waals surface area contributed by atoms with Crippen LogP contribution < -0.4 is 0 Å². The fraction of sp³-hybridized carbons (Fsp3) is 0.792. The van der Waals surface area contributed by atoms with Gasteiger partial charge in [0.2, 0.25) is 0 Å². The monoisotopic (exact) mass is 404 g/mol. The van der Waals surface area contributed by atoms with Crippen molar-refractivity contribution in [1.82, 2.24) is 0 Å². The number of rotatable bonds is 2. The fourth-order valence-corrected chi connectivity index (χ4v) is 7.90. The molecule has 0 radical (unpaired) electrons. The lowest BCUT2D eigenvalue weighted by Gasteiger charge is -2.63. The minimum absolute atomic E-state index is 0.0112. The van der Waals surface area contributed by atoms with Crippen molar-refractivity contribution in [2.75, 3.05) is 0 Å². The maximum atomic E-state index is 17.0. The Morgan fingerprint density at radius 3 is 2.41 bits per heavy atom. The number of halogens is 1. The molecule has 2 unspecified atom stereocenters. The van der Waals surface area contributed by atoms with Crippen molar-refractivity contribution in [3.63, 3.8) is 0 Å². The second-order valence-corrected chi connectivity index (χ2v) is 10.5. The van der Waals surface area contributed by atoms with Gasteiger partial charge >= 0.3 is 5.97 Å². The van der Waals surface area contributed by atoms with Gasteiger partial charge in [-0.25, -0.2) is 4.39 Å². The van der Waals surface area contributed by atoms with Crippen LogP contribution in [0.15, 0.2) is 11.6 Å². The Balaban J connectivity index is 1.79. The Morgan fingerprint density at radius 2 is 1.79 bits per heavy atom. The fourth-order valence-electron chi connectivity index (χ4n) is 7.90. The number of ether oxygens (including phenoxy) is 1. The Bertz CT molecular complexity index is 818. The van der Waals surface area contributed by atoms with Gasteiger partial charge in [-0.1, -0.05) is 26.3 Å². The standard InChI is InChI=1S/C24H33FO4/c1-14-12-20-18-7-9-24(15(2)26,29-16(3)27)22(18,5)10-11-23(20,25)21(4)8-6-17(28)13-19(14)21/h13-14,18,20H,6-12H2,1-5H3/t14?,18-,20-,21-,22-,23?,24-/m0/s1. The highest BCUT2D eigenvalue weighted by molar-refractivity contribution is 5.92. The Hall–Kier alpha value is -1.52. The zero-order chi connectivity index (χ0) is 21.4. The number of ketones is 2. The predicted molar refractivity (Wildman–Crippen MR) is 107 cm³/mol. The van der Waals surface area contributed by atoms with E-state index in [2.05, 4.69) is 6.92 Å². The van der Waals surface area contributed by atoms with Crippen molar-refractivity contribution in [3.8, 4) is 0 Å². The maximum absolute atomic E-state index is 17.0. The van der Waals surface area contributed by atoms with E-state index >= 15 is 4.39 Å². The molecule has 0 aliphatic heterocycles. The van der Waals surface area contributed by atoms with Crippen LogP contribution >= 0.6 is 0 Å². The van der Waals surface area contributed by atoms with Gasteiger partial charge in [-0.2, -0.15) is 0 Å². The minimum atomic E-state index is -1.39. The summed E-state index contributed by atoms with van der Waals surface area (Å²) in [5.41, 5.74) is -2.74. The van der Waals surface area contributed by atoms with Gasteiger partial charge in [0.15, 0.2) is 17.2 Å². The number of carbonyl (C=O) groups excluding carboxylic acids is 3. The number of hydrogen-bond donors (Lipinski definition) is 0. The van der Waals surface area contributed by atoms with Gasteiger partial charge in [-0.05, 0) is 69.3 Å². The highest BCUT2D eigenvalue weighted by atomic mass is 19.1. The summed E-state index contributed by atoms with van der Waals surface area (Å²) >= 11 is 0. The van der Waals surface area contributed by atoms with Gasteiger partial charge in [-0.15, -0.1) is 0 Å². The van der Waals surface area contributed by atoms with Crippen molar-refractivity contribution in [2.45, 2.75) is 90.8 Å². The largest absolute Gasteiger partial charge is 0.451 e. The molecule has 4 nitrogen and oxygen atoms in total. The Morgan fingerprint density at radius 1 is 1.10 bits per heavy atom. The van der Waals surface area contributed by atoms with E-state index in [-0.39, 0.29) is 29.3 Å². The number of alkyl halides is 1.